The zero-order chi connectivity index (χ0) is 20.8. The highest BCUT2D eigenvalue weighted by Gasteiger charge is 2.20. The second kappa shape index (κ2) is 9.09. The summed E-state index contributed by atoms with van der Waals surface area (Å²) < 4.78 is 28.8. The maximum absolute atomic E-state index is 12.9. The normalized spacial score (nSPS) is 11.7. The number of Topliss-reactive ketones (excluding diaryl/α,β-unsaturated/α-hetero) is 1. The lowest BCUT2D eigenvalue weighted by Gasteiger charge is -2.09. The summed E-state index contributed by atoms with van der Waals surface area (Å²) in [5, 5.41) is 7.87. The molecule has 29 heavy (non-hydrogen) atoms. The summed E-state index contributed by atoms with van der Waals surface area (Å²) in [5.41, 5.74) is 1.04. The van der Waals surface area contributed by atoms with Gasteiger partial charge >= 0.3 is 5.97 Å². The molecular formula is C21H19FN2O5. The van der Waals surface area contributed by atoms with E-state index in [1.165, 1.54) is 24.3 Å². The third kappa shape index (κ3) is 5.25. The van der Waals surface area contributed by atoms with Gasteiger partial charge in [0.15, 0.2) is 11.9 Å². The highest BCUT2D eigenvalue weighted by Crippen LogP contribution is 2.24. The van der Waals surface area contributed by atoms with Gasteiger partial charge in [0.05, 0.1) is 13.5 Å². The van der Waals surface area contributed by atoms with Gasteiger partial charge in [-0.2, -0.15) is 0 Å². The Morgan fingerprint density at radius 1 is 1.03 bits per heavy atom. The standard InChI is InChI=1S/C21H19FN2O5/c1-13(20-23-24-21(29-20)15-5-9-17(27-2)10-6-15)28-19(26)12-11-18(25)14-3-7-16(22)8-4-14/h3-10,13H,11-12H2,1-2H3/t13-/m1/s1. The maximum atomic E-state index is 12.9. The van der Waals surface area contributed by atoms with Gasteiger partial charge in [0, 0.05) is 17.5 Å². The van der Waals surface area contributed by atoms with Crippen LogP contribution in [0.2, 0.25) is 0 Å². The first-order valence-electron chi connectivity index (χ1n) is 8.92. The van der Waals surface area contributed by atoms with Crippen LogP contribution >= 0.6 is 0 Å². The molecular weight excluding hydrogens is 379 g/mol. The molecule has 0 aliphatic carbocycles. The van der Waals surface area contributed by atoms with Crippen LogP contribution in [-0.4, -0.2) is 29.1 Å². The Bertz CT molecular complexity index is 983. The van der Waals surface area contributed by atoms with Gasteiger partial charge < -0.3 is 13.9 Å². The van der Waals surface area contributed by atoms with Crippen LogP contribution in [0.1, 0.15) is 42.1 Å². The number of rotatable bonds is 8. The first-order chi connectivity index (χ1) is 14.0. The van der Waals surface area contributed by atoms with Crippen molar-refractivity contribution in [3.8, 4) is 17.2 Å². The quantitative estimate of drug-likeness (QED) is 0.416. The molecule has 0 fully saturated rings. The number of benzene rings is 2. The van der Waals surface area contributed by atoms with E-state index in [1.54, 1.807) is 38.3 Å². The first kappa shape index (κ1) is 20.2. The Labute approximate surface area is 166 Å². The molecule has 1 aromatic heterocycles. The summed E-state index contributed by atoms with van der Waals surface area (Å²) in [6, 6.07) is 12.2. The Kier molecular flexibility index (Phi) is 6.33. The van der Waals surface area contributed by atoms with E-state index in [2.05, 4.69) is 10.2 Å². The summed E-state index contributed by atoms with van der Waals surface area (Å²) in [6.45, 7) is 1.60. The number of esters is 1. The van der Waals surface area contributed by atoms with E-state index in [-0.39, 0.29) is 30.4 Å². The molecule has 0 N–H and O–H groups in total. The largest absolute Gasteiger partial charge is 0.497 e. The molecule has 7 nitrogen and oxygen atoms in total. The minimum atomic E-state index is -0.761. The van der Waals surface area contributed by atoms with Gasteiger partial charge in [0.2, 0.25) is 5.89 Å². The minimum absolute atomic E-state index is 0.0435. The molecule has 1 heterocycles. The summed E-state index contributed by atoms with van der Waals surface area (Å²) in [4.78, 5) is 24.1. The van der Waals surface area contributed by atoms with Crippen molar-refractivity contribution < 1.29 is 27.9 Å². The Morgan fingerprint density at radius 2 is 1.72 bits per heavy atom. The molecule has 2 aromatic carbocycles. The van der Waals surface area contributed by atoms with Crippen LogP contribution in [0.5, 0.6) is 5.75 Å². The van der Waals surface area contributed by atoms with Crippen LogP contribution in [0.3, 0.4) is 0 Å². The number of ketones is 1. The second-order valence-electron chi connectivity index (χ2n) is 6.24. The summed E-state index contributed by atoms with van der Waals surface area (Å²) in [7, 11) is 1.57. The fraction of sp³-hybridized carbons (Fsp3) is 0.238. The van der Waals surface area contributed by atoms with Gasteiger partial charge in [-0.25, -0.2) is 4.39 Å². The van der Waals surface area contributed by atoms with E-state index in [1.807, 2.05) is 0 Å². The average Bonchev–Trinajstić information content (AvgIpc) is 3.23. The molecule has 0 saturated heterocycles. The van der Waals surface area contributed by atoms with E-state index in [0.29, 0.717) is 16.9 Å². The smallest absolute Gasteiger partial charge is 0.307 e. The number of halogens is 1. The molecule has 150 valence electrons. The van der Waals surface area contributed by atoms with Gasteiger partial charge in [-0.05, 0) is 55.5 Å². The number of carbonyl (C=O) groups excluding carboxylic acids is 2. The lowest BCUT2D eigenvalue weighted by molar-refractivity contribution is -0.149. The summed E-state index contributed by atoms with van der Waals surface area (Å²) in [5.74, 6) is -0.133. The first-order valence-corrected chi connectivity index (χ1v) is 8.92. The van der Waals surface area contributed by atoms with Crippen LogP contribution in [-0.2, 0) is 9.53 Å². The van der Waals surface area contributed by atoms with Crippen molar-refractivity contribution in [2.45, 2.75) is 25.9 Å². The predicted octanol–water partition coefficient (Wildman–Crippen LogP) is 4.15. The fourth-order valence-corrected chi connectivity index (χ4v) is 2.55. The highest BCUT2D eigenvalue weighted by molar-refractivity contribution is 5.97. The van der Waals surface area contributed by atoms with Crippen LogP contribution in [0.15, 0.2) is 52.9 Å². The van der Waals surface area contributed by atoms with Crippen molar-refractivity contribution in [2.75, 3.05) is 7.11 Å². The summed E-state index contributed by atoms with van der Waals surface area (Å²) in [6.07, 6.45) is -0.916. The molecule has 0 aliphatic rings. The van der Waals surface area contributed by atoms with Crippen molar-refractivity contribution in [3.63, 3.8) is 0 Å². The third-order valence-electron chi connectivity index (χ3n) is 4.16. The molecule has 0 unspecified atom stereocenters. The molecule has 3 rings (SSSR count). The zero-order valence-electron chi connectivity index (χ0n) is 15.9. The number of aromatic nitrogens is 2. The third-order valence-corrected chi connectivity index (χ3v) is 4.16. The number of nitrogens with zero attached hydrogens (tertiary/aromatic N) is 2. The molecule has 0 spiro atoms. The number of ether oxygens (including phenoxy) is 2. The van der Waals surface area contributed by atoms with Crippen LogP contribution in [0, 0.1) is 5.82 Å². The zero-order valence-corrected chi connectivity index (χ0v) is 15.9. The highest BCUT2D eigenvalue weighted by atomic mass is 19.1. The van der Waals surface area contributed by atoms with Crippen LogP contribution < -0.4 is 4.74 Å². The van der Waals surface area contributed by atoms with Crippen LogP contribution in [0.25, 0.3) is 11.5 Å². The lowest BCUT2D eigenvalue weighted by Crippen LogP contribution is -2.11. The van der Waals surface area contributed by atoms with E-state index in [9.17, 15) is 14.0 Å². The molecule has 3 aromatic rings. The van der Waals surface area contributed by atoms with E-state index < -0.39 is 17.9 Å². The number of carbonyl (C=O) groups is 2. The molecule has 0 aliphatic heterocycles. The van der Waals surface area contributed by atoms with Crippen molar-refractivity contribution in [1.29, 1.82) is 0 Å². The van der Waals surface area contributed by atoms with Crippen molar-refractivity contribution >= 4 is 11.8 Å². The van der Waals surface area contributed by atoms with Gasteiger partial charge in [0.25, 0.3) is 5.89 Å². The van der Waals surface area contributed by atoms with Gasteiger partial charge in [-0.3, -0.25) is 9.59 Å². The number of hydrogen-bond acceptors (Lipinski definition) is 7. The van der Waals surface area contributed by atoms with Gasteiger partial charge in [-0.1, -0.05) is 0 Å². The maximum Gasteiger partial charge on any atom is 0.307 e. The Morgan fingerprint density at radius 3 is 2.38 bits per heavy atom. The van der Waals surface area contributed by atoms with Crippen molar-refractivity contribution in [3.05, 3.63) is 65.8 Å². The molecule has 8 heteroatoms. The molecule has 0 bridgehead atoms. The van der Waals surface area contributed by atoms with E-state index in [0.717, 1.165) is 0 Å². The Balaban J connectivity index is 1.53. The summed E-state index contributed by atoms with van der Waals surface area (Å²) >= 11 is 0. The van der Waals surface area contributed by atoms with Gasteiger partial charge in [-0.15, -0.1) is 10.2 Å². The van der Waals surface area contributed by atoms with E-state index >= 15 is 0 Å². The van der Waals surface area contributed by atoms with Crippen molar-refractivity contribution in [2.24, 2.45) is 0 Å². The monoisotopic (exact) mass is 398 g/mol. The average molecular weight is 398 g/mol. The number of hydrogen-bond donors (Lipinski definition) is 0. The molecule has 0 amide bonds. The molecule has 1 atom stereocenters. The minimum Gasteiger partial charge on any atom is -0.497 e. The number of methoxy groups -OCH3 is 1. The second-order valence-corrected chi connectivity index (χ2v) is 6.24. The predicted molar refractivity (Wildman–Crippen MR) is 101 cm³/mol. The lowest BCUT2D eigenvalue weighted by atomic mass is 10.1. The SMILES string of the molecule is COc1ccc(-c2nnc([C@@H](C)OC(=O)CCC(=O)c3ccc(F)cc3)o2)cc1. The van der Waals surface area contributed by atoms with Gasteiger partial charge in [0.1, 0.15) is 11.6 Å². The molecule has 0 radical (unpaired) electrons. The molecule has 0 saturated carbocycles. The van der Waals surface area contributed by atoms with Crippen molar-refractivity contribution in [1.82, 2.24) is 10.2 Å². The van der Waals surface area contributed by atoms with Crippen LogP contribution in [0.4, 0.5) is 4.39 Å². The Hall–Kier alpha value is -3.55. The fourth-order valence-electron chi connectivity index (χ4n) is 2.55. The van der Waals surface area contributed by atoms with E-state index in [4.69, 9.17) is 13.9 Å². The topological polar surface area (TPSA) is 91.5 Å².